The molecule has 0 fully saturated rings. The van der Waals surface area contributed by atoms with E-state index >= 15 is 0 Å². The van der Waals surface area contributed by atoms with E-state index in [-0.39, 0.29) is 0 Å². The van der Waals surface area contributed by atoms with Crippen molar-refractivity contribution in [3.8, 4) is 0 Å². The SMILES string of the molecule is CN(Cc1cccc(N)c1)Cc1nc2c(s1)CCCC2. The van der Waals surface area contributed by atoms with Crippen molar-refractivity contribution in [1.29, 1.82) is 0 Å². The average Bonchev–Trinajstić information content (AvgIpc) is 2.80. The van der Waals surface area contributed by atoms with Gasteiger partial charge in [0.05, 0.1) is 12.2 Å². The molecule has 0 amide bonds. The van der Waals surface area contributed by atoms with Gasteiger partial charge in [-0.3, -0.25) is 4.90 Å². The first-order chi connectivity index (χ1) is 9.70. The maximum atomic E-state index is 5.82. The highest BCUT2D eigenvalue weighted by Gasteiger charge is 2.15. The Morgan fingerprint density at radius 3 is 2.90 bits per heavy atom. The van der Waals surface area contributed by atoms with Crippen LogP contribution in [0.4, 0.5) is 5.69 Å². The molecule has 0 aliphatic heterocycles. The standard InChI is InChI=1S/C16H21N3S/c1-19(10-12-5-4-6-13(17)9-12)11-16-18-14-7-2-3-8-15(14)20-16/h4-6,9H,2-3,7-8,10-11,17H2,1H3. The third-order valence-corrected chi connectivity index (χ3v) is 4.84. The second-order valence-electron chi connectivity index (χ2n) is 5.60. The molecule has 20 heavy (non-hydrogen) atoms. The number of hydrogen-bond acceptors (Lipinski definition) is 4. The van der Waals surface area contributed by atoms with Crippen molar-refractivity contribution in [2.75, 3.05) is 12.8 Å². The van der Waals surface area contributed by atoms with Gasteiger partial charge in [0.15, 0.2) is 0 Å². The molecule has 2 aromatic rings. The molecule has 0 radical (unpaired) electrons. The van der Waals surface area contributed by atoms with Gasteiger partial charge in [0.1, 0.15) is 5.01 Å². The Kier molecular flexibility index (Phi) is 4.03. The topological polar surface area (TPSA) is 42.1 Å². The van der Waals surface area contributed by atoms with Crippen LogP contribution in [0.3, 0.4) is 0 Å². The quantitative estimate of drug-likeness (QED) is 0.878. The zero-order valence-corrected chi connectivity index (χ0v) is 12.7. The van der Waals surface area contributed by atoms with Crippen LogP contribution >= 0.6 is 11.3 Å². The van der Waals surface area contributed by atoms with Gasteiger partial charge >= 0.3 is 0 Å². The molecular weight excluding hydrogens is 266 g/mol. The summed E-state index contributed by atoms with van der Waals surface area (Å²) in [5.41, 5.74) is 9.27. The number of rotatable bonds is 4. The zero-order chi connectivity index (χ0) is 13.9. The first-order valence-electron chi connectivity index (χ1n) is 7.21. The summed E-state index contributed by atoms with van der Waals surface area (Å²) in [6, 6.07) is 8.11. The molecule has 2 N–H and O–H groups in total. The van der Waals surface area contributed by atoms with Crippen molar-refractivity contribution >= 4 is 17.0 Å². The fraction of sp³-hybridized carbons (Fsp3) is 0.438. The second kappa shape index (κ2) is 5.94. The summed E-state index contributed by atoms with van der Waals surface area (Å²) < 4.78 is 0. The Hall–Kier alpha value is -1.39. The smallest absolute Gasteiger partial charge is 0.107 e. The molecule has 0 atom stereocenters. The highest BCUT2D eigenvalue weighted by Crippen LogP contribution is 2.27. The lowest BCUT2D eigenvalue weighted by molar-refractivity contribution is 0.318. The van der Waals surface area contributed by atoms with E-state index in [1.807, 2.05) is 29.5 Å². The molecule has 0 saturated carbocycles. The summed E-state index contributed by atoms with van der Waals surface area (Å²) in [5.74, 6) is 0. The minimum atomic E-state index is 0.834. The fourth-order valence-electron chi connectivity index (χ4n) is 2.76. The van der Waals surface area contributed by atoms with Crippen LogP contribution in [0.2, 0.25) is 0 Å². The zero-order valence-electron chi connectivity index (χ0n) is 11.9. The van der Waals surface area contributed by atoms with E-state index in [0.29, 0.717) is 0 Å². The molecule has 106 valence electrons. The molecule has 0 spiro atoms. The number of benzene rings is 1. The van der Waals surface area contributed by atoms with Gasteiger partial charge in [-0.2, -0.15) is 0 Å². The predicted octanol–water partition coefficient (Wildman–Crippen LogP) is 3.24. The molecular formula is C16H21N3S. The number of aromatic nitrogens is 1. The van der Waals surface area contributed by atoms with Gasteiger partial charge in [-0.1, -0.05) is 12.1 Å². The largest absolute Gasteiger partial charge is 0.399 e. The maximum absolute atomic E-state index is 5.82. The van der Waals surface area contributed by atoms with E-state index in [1.165, 1.54) is 46.8 Å². The Balaban J connectivity index is 1.63. The number of hydrogen-bond donors (Lipinski definition) is 1. The number of fused-ring (bicyclic) bond motifs is 1. The lowest BCUT2D eigenvalue weighted by Crippen LogP contribution is -2.17. The summed E-state index contributed by atoms with van der Waals surface area (Å²) in [5, 5.41) is 1.25. The predicted molar refractivity (Wildman–Crippen MR) is 84.8 cm³/mol. The van der Waals surface area contributed by atoms with Crippen molar-refractivity contribution in [2.45, 2.75) is 38.8 Å². The fourth-order valence-corrected chi connectivity index (χ4v) is 4.00. The minimum absolute atomic E-state index is 0.834. The number of nitrogens with two attached hydrogens (primary N) is 1. The van der Waals surface area contributed by atoms with Gasteiger partial charge in [-0.15, -0.1) is 11.3 Å². The normalized spacial score (nSPS) is 14.5. The molecule has 3 nitrogen and oxygen atoms in total. The van der Waals surface area contributed by atoms with E-state index < -0.39 is 0 Å². The van der Waals surface area contributed by atoms with Gasteiger partial charge in [0, 0.05) is 17.1 Å². The van der Waals surface area contributed by atoms with E-state index in [9.17, 15) is 0 Å². The number of thiazole rings is 1. The van der Waals surface area contributed by atoms with Crippen LogP contribution in [0.1, 0.15) is 34.0 Å². The molecule has 4 heteroatoms. The second-order valence-corrected chi connectivity index (χ2v) is 6.77. The van der Waals surface area contributed by atoms with Crippen LogP contribution in [0.5, 0.6) is 0 Å². The van der Waals surface area contributed by atoms with E-state index in [1.54, 1.807) is 0 Å². The summed E-state index contributed by atoms with van der Waals surface area (Å²) >= 11 is 1.90. The van der Waals surface area contributed by atoms with Crippen molar-refractivity contribution in [1.82, 2.24) is 9.88 Å². The van der Waals surface area contributed by atoms with E-state index in [2.05, 4.69) is 18.0 Å². The molecule has 3 rings (SSSR count). The Labute approximate surface area is 124 Å². The van der Waals surface area contributed by atoms with E-state index in [4.69, 9.17) is 10.7 Å². The van der Waals surface area contributed by atoms with Crippen LogP contribution in [-0.4, -0.2) is 16.9 Å². The van der Waals surface area contributed by atoms with E-state index in [0.717, 1.165) is 18.8 Å². The van der Waals surface area contributed by atoms with Gasteiger partial charge in [0.2, 0.25) is 0 Å². The van der Waals surface area contributed by atoms with Crippen molar-refractivity contribution in [2.24, 2.45) is 0 Å². The summed E-state index contributed by atoms with van der Waals surface area (Å²) in [4.78, 5) is 8.62. The van der Waals surface area contributed by atoms with Crippen LogP contribution in [0.15, 0.2) is 24.3 Å². The number of nitrogen functional groups attached to an aromatic ring is 1. The number of anilines is 1. The molecule has 0 unspecified atom stereocenters. The summed E-state index contributed by atoms with van der Waals surface area (Å²) in [6.07, 6.45) is 5.03. The van der Waals surface area contributed by atoms with Gasteiger partial charge in [0.25, 0.3) is 0 Å². The molecule has 1 heterocycles. The van der Waals surface area contributed by atoms with Crippen LogP contribution in [-0.2, 0) is 25.9 Å². The maximum Gasteiger partial charge on any atom is 0.107 e. The summed E-state index contributed by atoms with van der Waals surface area (Å²) in [7, 11) is 2.14. The van der Waals surface area contributed by atoms with Gasteiger partial charge in [-0.25, -0.2) is 4.98 Å². The Morgan fingerprint density at radius 1 is 1.25 bits per heavy atom. The van der Waals surface area contributed by atoms with Crippen molar-refractivity contribution < 1.29 is 0 Å². The Morgan fingerprint density at radius 2 is 2.10 bits per heavy atom. The third-order valence-electron chi connectivity index (χ3n) is 3.70. The van der Waals surface area contributed by atoms with Crippen LogP contribution in [0, 0.1) is 0 Å². The van der Waals surface area contributed by atoms with Crippen LogP contribution < -0.4 is 5.73 Å². The molecule has 0 bridgehead atoms. The number of aryl methyl sites for hydroxylation is 2. The molecule has 1 aliphatic carbocycles. The highest BCUT2D eigenvalue weighted by molar-refractivity contribution is 7.11. The molecule has 0 saturated heterocycles. The first-order valence-corrected chi connectivity index (χ1v) is 8.03. The molecule has 1 aromatic heterocycles. The highest BCUT2D eigenvalue weighted by atomic mass is 32.1. The lowest BCUT2D eigenvalue weighted by atomic mass is 10.0. The first kappa shape index (κ1) is 13.6. The lowest BCUT2D eigenvalue weighted by Gasteiger charge is -2.15. The Bertz CT molecular complexity index is 568. The molecule has 1 aliphatic rings. The third kappa shape index (κ3) is 3.19. The van der Waals surface area contributed by atoms with Crippen LogP contribution in [0.25, 0.3) is 0 Å². The van der Waals surface area contributed by atoms with Gasteiger partial charge < -0.3 is 5.73 Å². The van der Waals surface area contributed by atoms with Crippen molar-refractivity contribution in [3.05, 3.63) is 45.4 Å². The molecule has 1 aromatic carbocycles. The average molecular weight is 287 g/mol. The van der Waals surface area contributed by atoms with Crippen molar-refractivity contribution in [3.63, 3.8) is 0 Å². The monoisotopic (exact) mass is 287 g/mol. The van der Waals surface area contributed by atoms with Gasteiger partial charge in [-0.05, 0) is 50.4 Å². The summed E-state index contributed by atoms with van der Waals surface area (Å²) in [6.45, 7) is 1.84. The minimum Gasteiger partial charge on any atom is -0.399 e. The number of nitrogens with zero attached hydrogens (tertiary/aromatic N) is 2.